The third kappa shape index (κ3) is 5.49. The van der Waals surface area contributed by atoms with Crippen molar-refractivity contribution in [3.05, 3.63) is 59.9 Å². The number of nitrogens with zero attached hydrogens (tertiary/aromatic N) is 1. The SMILES string of the molecule is CC(NC(=O)C1CCC1)C(=O)N(C)C.Fc1ccc(-c2cc3cc(F)cc(F)c3[nH]2)cc1. The standard InChI is InChI=1S/C14H8F3N.C10H18N2O2/c15-10-3-1-8(2-4-10)13-6-9-5-11(16)7-12(17)14(9)18-13;1-7(10(14)12(2)3)11-9(13)8-5-4-6-8/h1-7,18H;7-8H,4-6H2,1-3H3,(H,11,13). The maximum absolute atomic E-state index is 13.5. The van der Waals surface area contributed by atoms with Crippen LogP contribution < -0.4 is 5.32 Å². The van der Waals surface area contributed by atoms with Gasteiger partial charge in [-0.3, -0.25) is 9.59 Å². The fourth-order valence-electron chi connectivity index (χ4n) is 3.40. The molecule has 170 valence electrons. The molecule has 2 N–H and O–H groups in total. The molecule has 32 heavy (non-hydrogen) atoms. The van der Waals surface area contributed by atoms with E-state index in [4.69, 9.17) is 0 Å². The van der Waals surface area contributed by atoms with Crippen LogP contribution in [0.4, 0.5) is 13.2 Å². The summed E-state index contributed by atoms with van der Waals surface area (Å²) in [5, 5.41) is 3.18. The first-order valence-electron chi connectivity index (χ1n) is 10.4. The van der Waals surface area contributed by atoms with Crippen LogP contribution in [0, 0.1) is 23.4 Å². The van der Waals surface area contributed by atoms with Crippen LogP contribution in [0.1, 0.15) is 26.2 Å². The Bertz CT molecular complexity index is 1110. The number of halogens is 3. The van der Waals surface area contributed by atoms with Gasteiger partial charge in [0.1, 0.15) is 23.5 Å². The lowest BCUT2D eigenvalue weighted by Crippen LogP contribution is -2.47. The van der Waals surface area contributed by atoms with Crippen molar-refractivity contribution in [1.82, 2.24) is 15.2 Å². The second kappa shape index (κ2) is 9.89. The third-order valence-corrected chi connectivity index (χ3v) is 5.45. The second-order valence-corrected chi connectivity index (χ2v) is 8.13. The Morgan fingerprint density at radius 3 is 2.25 bits per heavy atom. The Balaban J connectivity index is 0.000000188. The molecule has 1 saturated carbocycles. The van der Waals surface area contributed by atoms with Crippen molar-refractivity contribution in [2.45, 2.75) is 32.2 Å². The van der Waals surface area contributed by atoms with Gasteiger partial charge in [-0.25, -0.2) is 13.2 Å². The minimum Gasteiger partial charge on any atom is -0.352 e. The van der Waals surface area contributed by atoms with Crippen molar-refractivity contribution in [2.24, 2.45) is 5.92 Å². The number of hydrogen-bond donors (Lipinski definition) is 2. The maximum atomic E-state index is 13.5. The molecule has 0 spiro atoms. The van der Waals surface area contributed by atoms with Crippen molar-refractivity contribution in [3.63, 3.8) is 0 Å². The number of carbonyl (C=O) groups excluding carboxylic acids is 2. The van der Waals surface area contributed by atoms with Crippen molar-refractivity contribution in [1.29, 1.82) is 0 Å². The maximum Gasteiger partial charge on any atom is 0.244 e. The van der Waals surface area contributed by atoms with Gasteiger partial charge in [-0.2, -0.15) is 0 Å². The Hall–Kier alpha value is -3.29. The number of carbonyl (C=O) groups is 2. The molecule has 8 heteroatoms. The molecule has 1 aliphatic carbocycles. The van der Waals surface area contributed by atoms with Crippen LogP contribution in [-0.4, -0.2) is 41.8 Å². The highest BCUT2D eigenvalue weighted by atomic mass is 19.1. The minimum atomic E-state index is -0.640. The van der Waals surface area contributed by atoms with Gasteiger partial charge in [-0.1, -0.05) is 6.42 Å². The molecular weight excluding hydrogens is 419 g/mol. The molecule has 0 bridgehead atoms. The molecule has 2 amide bonds. The van der Waals surface area contributed by atoms with Gasteiger partial charge in [-0.15, -0.1) is 0 Å². The average Bonchev–Trinajstić information content (AvgIpc) is 3.11. The number of hydrogen-bond acceptors (Lipinski definition) is 2. The molecule has 1 unspecified atom stereocenters. The Labute approximate surface area is 184 Å². The van der Waals surface area contributed by atoms with Crippen LogP contribution >= 0.6 is 0 Å². The summed E-state index contributed by atoms with van der Waals surface area (Å²) in [5.41, 5.74) is 1.58. The zero-order valence-electron chi connectivity index (χ0n) is 18.2. The second-order valence-electron chi connectivity index (χ2n) is 8.13. The molecule has 2 aromatic carbocycles. The summed E-state index contributed by atoms with van der Waals surface area (Å²) >= 11 is 0. The van der Waals surface area contributed by atoms with Crippen molar-refractivity contribution < 1.29 is 22.8 Å². The van der Waals surface area contributed by atoms with E-state index < -0.39 is 17.7 Å². The first kappa shape index (κ1) is 23.4. The largest absolute Gasteiger partial charge is 0.352 e. The zero-order chi connectivity index (χ0) is 23.4. The molecule has 1 aliphatic rings. The molecule has 4 rings (SSSR count). The number of likely N-dealkylation sites (N-methyl/N-ethyl adjacent to an activating group) is 1. The summed E-state index contributed by atoms with van der Waals surface area (Å²) in [6.45, 7) is 1.72. The average molecular weight is 445 g/mol. The predicted octanol–water partition coefficient (Wildman–Crippen LogP) is 4.63. The normalized spacial score (nSPS) is 14.2. The van der Waals surface area contributed by atoms with Gasteiger partial charge >= 0.3 is 0 Å². The lowest BCUT2D eigenvalue weighted by Gasteiger charge is -2.26. The summed E-state index contributed by atoms with van der Waals surface area (Å²) in [6, 6.07) is 9.10. The molecule has 5 nitrogen and oxygen atoms in total. The van der Waals surface area contributed by atoms with Crippen molar-refractivity contribution in [3.8, 4) is 11.3 Å². The van der Waals surface area contributed by atoms with Crippen LogP contribution in [0.15, 0.2) is 42.5 Å². The first-order valence-corrected chi connectivity index (χ1v) is 10.4. The molecule has 3 aromatic rings. The van der Waals surface area contributed by atoms with Gasteiger partial charge in [0.05, 0.1) is 5.52 Å². The molecule has 1 atom stereocenters. The Kier molecular flexibility index (Phi) is 7.22. The topological polar surface area (TPSA) is 65.2 Å². The predicted molar refractivity (Wildman–Crippen MR) is 117 cm³/mol. The van der Waals surface area contributed by atoms with E-state index in [1.807, 2.05) is 0 Å². The van der Waals surface area contributed by atoms with E-state index in [2.05, 4.69) is 10.3 Å². The summed E-state index contributed by atoms with van der Waals surface area (Å²) in [5.74, 6) is -1.49. The number of amides is 2. The summed E-state index contributed by atoms with van der Waals surface area (Å²) in [6.07, 6.45) is 3.07. The summed E-state index contributed by atoms with van der Waals surface area (Å²) < 4.78 is 39.4. The summed E-state index contributed by atoms with van der Waals surface area (Å²) in [7, 11) is 3.38. The van der Waals surface area contributed by atoms with E-state index in [9.17, 15) is 22.8 Å². The zero-order valence-corrected chi connectivity index (χ0v) is 18.2. The van der Waals surface area contributed by atoms with Gasteiger partial charge in [-0.05, 0) is 61.7 Å². The number of fused-ring (bicyclic) bond motifs is 1. The van der Waals surface area contributed by atoms with E-state index in [0.717, 1.165) is 25.3 Å². The minimum absolute atomic E-state index is 0.0268. The Morgan fingerprint density at radius 1 is 1.03 bits per heavy atom. The molecule has 1 aromatic heterocycles. The van der Waals surface area contributed by atoms with Gasteiger partial charge in [0.2, 0.25) is 11.8 Å². The number of nitrogens with one attached hydrogen (secondary N) is 2. The van der Waals surface area contributed by atoms with E-state index in [-0.39, 0.29) is 29.1 Å². The lowest BCUT2D eigenvalue weighted by molar-refractivity contribution is -0.136. The number of H-pyrrole nitrogens is 1. The van der Waals surface area contributed by atoms with Crippen LogP contribution in [0.2, 0.25) is 0 Å². The third-order valence-electron chi connectivity index (χ3n) is 5.45. The monoisotopic (exact) mass is 445 g/mol. The van der Waals surface area contributed by atoms with E-state index in [1.54, 1.807) is 39.2 Å². The molecule has 1 heterocycles. The molecule has 0 saturated heterocycles. The van der Waals surface area contributed by atoms with Crippen molar-refractivity contribution >= 4 is 22.7 Å². The van der Waals surface area contributed by atoms with Gasteiger partial charge < -0.3 is 15.2 Å². The van der Waals surface area contributed by atoms with Crippen LogP contribution in [0.25, 0.3) is 22.2 Å². The highest BCUT2D eigenvalue weighted by molar-refractivity contribution is 5.88. The fourth-order valence-corrected chi connectivity index (χ4v) is 3.40. The fraction of sp³-hybridized carbons (Fsp3) is 0.333. The van der Waals surface area contributed by atoms with E-state index in [1.165, 1.54) is 23.1 Å². The van der Waals surface area contributed by atoms with Crippen LogP contribution in [-0.2, 0) is 9.59 Å². The molecular formula is C24H26F3N3O2. The van der Waals surface area contributed by atoms with Crippen molar-refractivity contribution in [2.75, 3.05) is 14.1 Å². The number of rotatable bonds is 4. The number of aromatic nitrogens is 1. The highest BCUT2D eigenvalue weighted by Crippen LogP contribution is 2.27. The quantitative estimate of drug-likeness (QED) is 0.615. The van der Waals surface area contributed by atoms with Gasteiger partial charge in [0.15, 0.2) is 0 Å². The van der Waals surface area contributed by atoms with E-state index >= 15 is 0 Å². The Morgan fingerprint density at radius 2 is 1.69 bits per heavy atom. The summed E-state index contributed by atoms with van der Waals surface area (Å²) in [4.78, 5) is 27.3. The highest BCUT2D eigenvalue weighted by Gasteiger charge is 2.27. The molecule has 1 fully saturated rings. The van der Waals surface area contributed by atoms with Crippen LogP contribution in [0.5, 0.6) is 0 Å². The first-order chi connectivity index (χ1) is 15.2. The molecule has 0 aliphatic heterocycles. The van der Waals surface area contributed by atoms with Gasteiger partial charge in [0.25, 0.3) is 0 Å². The van der Waals surface area contributed by atoms with E-state index in [0.29, 0.717) is 16.6 Å². The smallest absolute Gasteiger partial charge is 0.244 e. The lowest BCUT2D eigenvalue weighted by atomic mass is 9.84. The van der Waals surface area contributed by atoms with Crippen LogP contribution in [0.3, 0.4) is 0 Å². The van der Waals surface area contributed by atoms with Gasteiger partial charge in [0, 0.05) is 37.2 Å². The molecule has 0 radical (unpaired) electrons. The number of benzene rings is 2. The number of aromatic amines is 1.